The quantitative estimate of drug-likeness (QED) is 0.783. The maximum atomic E-state index is 12.5. The van der Waals surface area contributed by atoms with Gasteiger partial charge in [0.1, 0.15) is 5.52 Å². The van der Waals surface area contributed by atoms with E-state index in [1.807, 2.05) is 19.1 Å². The Balaban J connectivity index is 2.37. The average molecular weight is 401 g/mol. The van der Waals surface area contributed by atoms with Crippen LogP contribution in [-0.4, -0.2) is 32.1 Å². The van der Waals surface area contributed by atoms with Gasteiger partial charge in [-0.3, -0.25) is 14.8 Å². The molecule has 2 rings (SSSR count). The number of nitrogens with zero attached hydrogens (tertiary/aromatic N) is 2. The van der Waals surface area contributed by atoms with Gasteiger partial charge in [0.2, 0.25) is 0 Å². The van der Waals surface area contributed by atoms with E-state index >= 15 is 0 Å². The number of hydrogen-bond donors (Lipinski definition) is 1. The number of hydrogen-bond acceptors (Lipinski definition) is 3. The van der Waals surface area contributed by atoms with Gasteiger partial charge in [-0.15, -0.1) is 0 Å². The number of carbonyl (C=O) groups is 1. The van der Waals surface area contributed by atoms with Crippen LogP contribution in [-0.2, 0) is 0 Å². The number of carbonyl (C=O) groups excluding carboxylic acids is 1. The summed E-state index contributed by atoms with van der Waals surface area (Å²) >= 11 is 6.94. The van der Waals surface area contributed by atoms with Crippen LogP contribution in [0.25, 0.3) is 11.0 Å². The van der Waals surface area contributed by atoms with E-state index in [1.54, 1.807) is 18.5 Å². The Bertz CT molecular complexity index is 601. The van der Waals surface area contributed by atoms with Gasteiger partial charge in [0.15, 0.2) is 0 Å². The monoisotopic (exact) mass is 399 g/mol. The highest BCUT2D eigenvalue weighted by atomic mass is 79.9. The topological polar surface area (TPSA) is 54.9 Å². The molecule has 1 aromatic heterocycles. The second-order valence-corrected chi connectivity index (χ2v) is 5.71. The first-order chi connectivity index (χ1) is 9.65. The number of nitrogens with one attached hydrogen (secondary N) is 1. The van der Waals surface area contributed by atoms with Crippen molar-refractivity contribution in [3.8, 4) is 0 Å². The van der Waals surface area contributed by atoms with Crippen LogP contribution < -0.4 is 5.32 Å². The fraction of sp³-hybridized carbons (Fsp3) is 0.357. The number of alkyl halides is 2. The lowest BCUT2D eigenvalue weighted by molar-refractivity contribution is 0.0917. The van der Waals surface area contributed by atoms with Gasteiger partial charge in [0.05, 0.1) is 16.6 Å². The van der Waals surface area contributed by atoms with Gasteiger partial charge in [-0.2, -0.15) is 0 Å². The highest BCUT2D eigenvalue weighted by Gasteiger charge is 2.28. The average Bonchev–Trinajstić information content (AvgIpc) is 2.52. The van der Waals surface area contributed by atoms with Crippen LogP contribution in [0.15, 0.2) is 30.6 Å². The summed E-state index contributed by atoms with van der Waals surface area (Å²) in [5.41, 5.74) is 1.60. The van der Waals surface area contributed by atoms with E-state index in [0.29, 0.717) is 21.7 Å². The SMILES string of the molecule is CCC(CBr)(CBr)NC(=O)c1cccc2nccnc12. The van der Waals surface area contributed by atoms with Crippen molar-refractivity contribution in [3.63, 3.8) is 0 Å². The molecule has 0 fully saturated rings. The summed E-state index contributed by atoms with van der Waals surface area (Å²) in [6.45, 7) is 2.05. The highest BCUT2D eigenvalue weighted by Crippen LogP contribution is 2.20. The summed E-state index contributed by atoms with van der Waals surface area (Å²) in [7, 11) is 0. The zero-order valence-corrected chi connectivity index (χ0v) is 14.2. The standard InChI is InChI=1S/C14H15Br2N3O/c1-2-14(8-15,9-16)19-13(20)10-4-3-5-11-12(10)18-7-6-17-11/h3-7H,2,8-9H2,1H3,(H,19,20). The molecule has 0 aliphatic carbocycles. The smallest absolute Gasteiger partial charge is 0.254 e. The van der Waals surface area contributed by atoms with E-state index in [-0.39, 0.29) is 11.4 Å². The second-order valence-electron chi connectivity index (χ2n) is 4.58. The van der Waals surface area contributed by atoms with Gasteiger partial charge in [-0.25, -0.2) is 0 Å². The Kier molecular flexibility index (Phi) is 5.10. The van der Waals surface area contributed by atoms with Crippen molar-refractivity contribution in [2.45, 2.75) is 18.9 Å². The molecule has 0 aliphatic heterocycles. The third kappa shape index (κ3) is 3.01. The molecule has 0 saturated heterocycles. The predicted octanol–water partition coefficient (Wildman–Crippen LogP) is 3.30. The molecule has 0 spiro atoms. The lowest BCUT2D eigenvalue weighted by atomic mass is 10.0. The molecule has 4 nitrogen and oxygen atoms in total. The minimum atomic E-state index is -0.304. The fourth-order valence-electron chi connectivity index (χ4n) is 1.86. The highest BCUT2D eigenvalue weighted by molar-refractivity contribution is 9.09. The van der Waals surface area contributed by atoms with E-state index in [1.165, 1.54) is 0 Å². The van der Waals surface area contributed by atoms with Crippen LogP contribution >= 0.6 is 31.9 Å². The summed E-state index contributed by atoms with van der Waals surface area (Å²) in [5.74, 6) is -0.128. The molecule has 0 saturated carbocycles. The predicted molar refractivity (Wildman–Crippen MR) is 87.6 cm³/mol. The number of rotatable bonds is 5. The van der Waals surface area contributed by atoms with E-state index in [4.69, 9.17) is 0 Å². The number of fused-ring (bicyclic) bond motifs is 1. The lowest BCUT2D eigenvalue weighted by Gasteiger charge is -2.30. The molecule has 1 amide bonds. The largest absolute Gasteiger partial charge is 0.345 e. The molecule has 1 N–H and O–H groups in total. The van der Waals surface area contributed by atoms with E-state index in [2.05, 4.69) is 47.1 Å². The molecular weight excluding hydrogens is 386 g/mol. The zero-order chi connectivity index (χ0) is 14.6. The molecule has 0 aliphatic rings. The molecular formula is C14H15Br2N3O. The first-order valence-corrected chi connectivity index (χ1v) is 8.54. The molecule has 1 aromatic carbocycles. The van der Waals surface area contributed by atoms with Crippen LogP contribution in [0.1, 0.15) is 23.7 Å². The third-order valence-corrected chi connectivity index (χ3v) is 5.46. The molecule has 1 heterocycles. The minimum absolute atomic E-state index is 0.128. The van der Waals surface area contributed by atoms with Crippen LogP contribution in [0.4, 0.5) is 0 Å². The molecule has 2 aromatic rings. The zero-order valence-electron chi connectivity index (χ0n) is 11.1. The summed E-state index contributed by atoms with van der Waals surface area (Å²) in [4.78, 5) is 21.0. The van der Waals surface area contributed by atoms with Gasteiger partial charge >= 0.3 is 0 Å². The van der Waals surface area contributed by atoms with Crippen LogP contribution in [0, 0.1) is 0 Å². The Morgan fingerprint density at radius 3 is 2.60 bits per heavy atom. The Morgan fingerprint density at radius 2 is 1.95 bits per heavy atom. The summed E-state index contributed by atoms with van der Waals surface area (Å²) in [5, 5.41) is 4.46. The van der Waals surface area contributed by atoms with Crippen LogP contribution in [0.2, 0.25) is 0 Å². The van der Waals surface area contributed by atoms with Crippen LogP contribution in [0.5, 0.6) is 0 Å². The van der Waals surface area contributed by atoms with Crippen molar-refractivity contribution in [1.82, 2.24) is 15.3 Å². The second kappa shape index (κ2) is 6.63. The van der Waals surface area contributed by atoms with E-state index in [0.717, 1.165) is 11.9 Å². The van der Waals surface area contributed by atoms with Crippen molar-refractivity contribution in [2.24, 2.45) is 0 Å². The molecule has 6 heteroatoms. The number of amides is 1. The molecule has 0 radical (unpaired) electrons. The molecule has 0 atom stereocenters. The van der Waals surface area contributed by atoms with Crippen molar-refractivity contribution in [2.75, 3.05) is 10.7 Å². The van der Waals surface area contributed by atoms with Gasteiger partial charge < -0.3 is 5.32 Å². The first-order valence-electron chi connectivity index (χ1n) is 6.30. The Labute approximate surface area is 134 Å². The number of benzene rings is 1. The third-order valence-electron chi connectivity index (χ3n) is 3.31. The van der Waals surface area contributed by atoms with Gasteiger partial charge in [0.25, 0.3) is 5.91 Å². The maximum absolute atomic E-state index is 12.5. The van der Waals surface area contributed by atoms with Crippen molar-refractivity contribution in [3.05, 3.63) is 36.2 Å². The number of halogens is 2. The minimum Gasteiger partial charge on any atom is -0.345 e. The molecule has 106 valence electrons. The van der Waals surface area contributed by atoms with E-state index < -0.39 is 0 Å². The lowest BCUT2D eigenvalue weighted by Crippen LogP contribution is -2.51. The molecule has 20 heavy (non-hydrogen) atoms. The van der Waals surface area contributed by atoms with E-state index in [9.17, 15) is 4.79 Å². The Morgan fingerprint density at radius 1 is 1.25 bits per heavy atom. The Hall–Kier alpha value is -1.01. The molecule has 0 bridgehead atoms. The van der Waals surface area contributed by atoms with Gasteiger partial charge in [-0.05, 0) is 18.6 Å². The van der Waals surface area contributed by atoms with Crippen LogP contribution in [0.3, 0.4) is 0 Å². The van der Waals surface area contributed by atoms with Gasteiger partial charge in [0, 0.05) is 23.1 Å². The fourth-order valence-corrected chi connectivity index (χ4v) is 3.87. The summed E-state index contributed by atoms with van der Waals surface area (Å²) < 4.78 is 0. The van der Waals surface area contributed by atoms with Crippen molar-refractivity contribution < 1.29 is 4.79 Å². The normalized spacial score (nSPS) is 11.6. The summed E-state index contributed by atoms with van der Waals surface area (Å²) in [6, 6.07) is 5.44. The van der Waals surface area contributed by atoms with Gasteiger partial charge in [-0.1, -0.05) is 44.8 Å². The first kappa shape index (κ1) is 15.4. The number of para-hydroxylation sites is 1. The maximum Gasteiger partial charge on any atom is 0.254 e. The van der Waals surface area contributed by atoms with Crippen molar-refractivity contribution >= 4 is 48.8 Å². The summed E-state index contributed by atoms with van der Waals surface area (Å²) in [6.07, 6.45) is 4.05. The van der Waals surface area contributed by atoms with Crippen molar-refractivity contribution in [1.29, 1.82) is 0 Å². The molecule has 0 unspecified atom stereocenters. The number of aromatic nitrogens is 2.